The molecule has 0 bridgehead atoms. The molecule has 8 heteroatoms. The second-order valence-electron chi connectivity index (χ2n) is 7.82. The van der Waals surface area contributed by atoms with Crippen molar-refractivity contribution in [2.24, 2.45) is 0 Å². The molecule has 5 rings (SSSR count). The van der Waals surface area contributed by atoms with E-state index in [4.69, 9.17) is 9.47 Å². The Bertz CT molecular complexity index is 1100. The number of imidazole rings is 1. The molecule has 2 aliphatic rings. The molecule has 1 N–H and O–H groups in total. The van der Waals surface area contributed by atoms with Crippen molar-refractivity contribution in [3.8, 4) is 11.4 Å². The van der Waals surface area contributed by atoms with E-state index in [1.807, 2.05) is 36.0 Å². The van der Waals surface area contributed by atoms with Crippen LogP contribution in [0.4, 0.5) is 0 Å². The normalized spacial score (nSPS) is 17.9. The molecule has 0 radical (unpaired) electrons. The zero-order valence-corrected chi connectivity index (χ0v) is 17.2. The van der Waals surface area contributed by atoms with Crippen LogP contribution in [0.15, 0.2) is 30.7 Å². The lowest BCUT2D eigenvalue weighted by Crippen LogP contribution is -2.35. The van der Waals surface area contributed by atoms with Gasteiger partial charge in [0, 0.05) is 12.1 Å². The minimum absolute atomic E-state index is 0.159. The summed E-state index contributed by atoms with van der Waals surface area (Å²) < 4.78 is 15.3. The summed E-state index contributed by atoms with van der Waals surface area (Å²) in [5.74, 6) is 0.588. The topological polar surface area (TPSA) is 83.2 Å². The van der Waals surface area contributed by atoms with Crippen molar-refractivity contribution in [3.63, 3.8) is 0 Å². The number of aromatic nitrogens is 4. The highest BCUT2D eigenvalue weighted by atomic mass is 16.5. The fourth-order valence-corrected chi connectivity index (χ4v) is 4.42. The first-order valence-electron chi connectivity index (χ1n) is 10.3. The van der Waals surface area contributed by atoms with Gasteiger partial charge in [-0.3, -0.25) is 4.79 Å². The van der Waals surface area contributed by atoms with Gasteiger partial charge < -0.3 is 19.4 Å². The number of ether oxygens (including phenoxy) is 2. The molecule has 2 aromatic heterocycles. The third kappa shape index (κ3) is 3.08. The predicted molar refractivity (Wildman–Crippen MR) is 110 cm³/mol. The third-order valence-corrected chi connectivity index (χ3v) is 5.96. The summed E-state index contributed by atoms with van der Waals surface area (Å²) in [7, 11) is 1.65. The Morgan fingerprint density at radius 2 is 2.20 bits per heavy atom. The number of nitrogens with one attached hydrogen (secondary N) is 1. The number of hydrogen-bond acceptors (Lipinski definition) is 5. The van der Waals surface area contributed by atoms with E-state index in [2.05, 4.69) is 20.0 Å². The molecule has 1 atom stereocenters. The van der Waals surface area contributed by atoms with E-state index in [1.165, 1.54) is 0 Å². The maximum Gasteiger partial charge on any atom is 0.272 e. The lowest BCUT2D eigenvalue weighted by molar-refractivity contribution is 0.0683. The Morgan fingerprint density at radius 3 is 3.07 bits per heavy atom. The minimum Gasteiger partial charge on any atom is -0.494 e. The van der Waals surface area contributed by atoms with Gasteiger partial charge in [0.05, 0.1) is 50.3 Å². The van der Waals surface area contributed by atoms with Crippen molar-refractivity contribution in [1.29, 1.82) is 0 Å². The Balaban J connectivity index is 1.45. The zero-order chi connectivity index (χ0) is 20.7. The van der Waals surface area contributed by atoms with Crippen LogP contribution in [0, 0.1) is 6.92 Å². The molecule has 156 valence electrons. The molecule has 0 fully saturated rings. The highest BCUT2D eigenvalue weighted by Crippen LogP contribution is 2.32. The Kier molecular flexibility index (Phi) is 4.78. The number of nitrogens with zero attached hydrogens (tertiary/aromatic N) is 4. The van der Waals surface area contributed by atoms with Gasteiger partial charge >= 0.3 is 0 Å². The number of fused-ring (bicyclic) bond motifs is 2. The molecule has 8 nitrogen and oxygen atoms in total. The molecule has 1 amide bonds. The summed E-state index contributed by atoms with van der Waals surface area (Å²) in [6.07, 6.45) is 6.70. The first-order valence-corrected chi connectivity index (χ1v) is 10.3. The molecule has 0 saturated heterocycles. The van der Waals surface area contributed by atoms with Crippen molar-refractivity contribution in [1.82, 2.24) is 24.6 Å². The van der Waals surface area contributed by atoms with Crippen LogP contribution in [0.2, 0.25) is 0 Å². The standard InChI is InChI=1S/C22H25N5O3/c1-14-6-5-8-19(29-2)21(14)27-18-12-30-11-16(15(18)10-24-27)25-22(28)20-17-7-3-4-9-26(17)13-23-20/h5-6,8,10,13,16H,3-4,7,9,11-12H2,1-2H3,(H,25,28)/t16-/m1/s1. The summed E-state index contributed by atoms with van der Waals surface area (Å²) in [5.41, 5.74) is 5.38. The van der Waals surface area contributed by atoms with Crippen LogP contribution in [0.5, 0.6) is 5.75 Å². The van der Waals surface area contributed by atoms with E-state index in [-0.39, 0.29) is 11.9 Å². The van der Waals surface area contributed by atoms with Crippen LogP contribution >= 0.6 is 0 Å². The van der Waals surface area contributed by atoms with E-state index in [0.717, 1.165) is 59.8 Å². The number of benzene rings is 1. The molecular formula is C22H25N5O3. The molecule has 0 saturated carbocycles. The van der Waals surface area contributed by atoms with Crippen LogP contribution in [-0.2, 0) is 24.3 Å². The lowest BCUT2D eigenvalue weighted by Gasteiger charge is -2.25. The van der Waals surface area contributed by atoms with Gasteiger partial charge in [-0.25, -0.2) is 9.67 Å². The number of carbonyl (C=O) groups is 1. The summed E-state index contributed by atoms with van der Waals surface area (Å²) in [5, 5.41) is 7.72. The second kappa shape index (κ2) is 7.60. The van der Waals surface area contributed by atoms with Gasteiger partial charge in [-0.2, -0.15) is 5.10 Å². The van der Waals surface area contributed by atoms with E-state index in [0.29, 0.717) is 18.9 Å². The monoisotopic (exact) mass is 407 g/mol. The Hall–Kier alpha value is -3.13. The van der Waals surface area contributed by atoms with E-state index < -0.39 is 0 Å². The van der Waals surface area contributed by atoms with E-state index >= 15 is 0 Å². The molecule has 30 heavy (non-hydrogen) atoms. The number of aryl methyl sites for hydroxylation is 2. The first-order chi connectivity index (χ1) is 14.7. The van der Waals surface area contributed by atoms with Crippen LogP contribution < -0.4 is 10.1 Å². The van der Waals surface area contributed by atoms with Crippen molar-refractivity contribution in [2.75, 3.05) is 13.7 Å². The van der Waals surface area contributed by atoms with Crippen molar-refractivity contribution in [3.05, 3.63) is 58.9 Å². The minimum atomic E-state index is -0.272. The second-order valence-corrected chi connectivity index (χ2v) is 7.82. The fraction of sp³-hybridized carbons (Fsp3) is 0.409. The average Bonchev–Trinajstić information content (AvgIpc) is 3.38. The summed E-state index contributed by atoms with van der Waals surface area (Å²) >= 11 is 0. The van der Waals surface area contributed by atoms with Gasteiger partial charge in [0.15, 0.2) is 0 Å². The highest BCUT2D eigenvalue weighted by molar-refractivity contribution is 5.93. The number of carbonyl (C=O) groups excluding carboxylic acids is 1. The maximum absolute atomic E-state index is 13.0. The Labute approximate surface area is 174 Å². The first kappa shape index (κ1) is 18.9. The van der Waals surface area contributed by atoms with Gasteiger partial charge in [0.25, 0.3) is 5.91 Å². The van der Waals surface area contributed by atoms with Crippen LogP contribution in [0.3, 0.4) is 0 Å². The molecule has 1 aromatic carbocycles. The number of amides is 1. The zero-order valence-electron chi connectivity index (χ0n) is 17.2. The van der Waals surface area contributed by atoms with E-state index in [1.54, 1.807) is 13.4 Å². The van der Waals surface area contributed by atoms with Crippen LogP contribution in [0.25, 0.3) is 5.69 Å². The van der Waals surface area contributed by atoms with Gasteiger partial charge in [0.1, 0.15) is 17.1 Å². The van der Waals surface area contributed by atoms with Gasteiger partial charge in [-0.15, -0.1) is 0 Å². The number of hydrogen-bond donors (Lipinski definition) is 1. The summed E-state index contributed by atoms with van der Waals surface area (Å²) in [6.45, 7) is 3.79. The van der Waals surface area contributed by atoms with Crippen molar-refractivity contribution < 1.29 is 14.3 Å². The van der Waals surface area contributed by atoms with Gasteiger partial charge in [-0.1, -0.05) is 12.1 Å². The molecule has 0 aliphatic carbocycles. The Morgan fingerprint density at radius 1 is 1.30 bits per heavy atom. The SMILES string of the molecule is COc1cccc(C)c1-n1ncc2c1COC[C@H]2NC(=O)c1ncn2c1CCCC2. The number of para-hydroxylation sites is 1. The molecule has 4 heterocycles. The maximum atomic E-state index is 13.0. The van der Waals surface area contributed by atoms with Crippen molar-refractivity contribution in [2.45, 2.75) is 45.4 Å². The van der Waals surface area contributed by atoms with Gasteiger partial charge in [0.2, 0.25) is 0 Å². The van der Waals surface area contributed by atoms with E-state index in [9.17, 15) is 4.79 Å². The quantitative estimate of drug-likeness (QED) is 0.719. The largest absolute Gasteiger partial charge is 0.494 e. The average molecular weight is 407 g/mol. The lowest BCUT2D eigenvalue weighted by atomic mass is 10.0. The van der Waals surface area contributed by atoms with Crippen LogP contribution in [-0.4, -0.2) is 39.0 Å². The van der Waals surface area contributed by atoms with Crippen molar-refractivity contribution >= 4 is 5.91 Å². The predicted octanol–water partition coefficient (Wildman–Crippen LogP) is 2.72. The summed E-state index contributed by atoms with van der Waals surface area (Å²) in [6, 6.07) is 5.63. The highest BCUT2D eigenvalue weighted by Gasteiger charge is 2.30. The molecule has 0 unspecified atom stereocenters. The van der Waals surface area contributed by atoms with Gasteiger partial charge in [-0.05, 0) is 37.8 Å². The molecule has 0 spiro atoms. The van der Waals surface area contributed by atoms with Crippen LogP contribution in [0.1, 0.15) is 51.9 Å². The molecular weight excluding hydrogens is 382 g/mol. The molecule has 2 aliphatic heterocycles. The molecule has 3 aromatic rings. The number of rotatable bonds is 4. The smallest absolute Gasteiger partial charge is 0.272 e. The number of methoxy groups -OCH3 is 1. The summed E-state index contributed by atoms with van der Waals surface area (Å²) in [4.78, 5) is 17.4. The fourth-order valence-electron chi connectivity index (χ4n) is 4.42. The third-order valence-electron chi connectivity index (χ3n) is 5.96.